The third kappa shape index (κ3) is 5.41. The van der Waals surface area contributed by atoms with Crippen LogP contribution in [0.4, 0.5) is 13.2 Å². The highest BCUT2D eigenvalue weighted by Gasteiger charge is 2.38. The Morgan fingerprint density at radius 1 is 1.11 bits per heavy atom. The van der Waals surface area contributed by atoms with Crippen LogP contribution in [-0.2, 0) is 22.6 Å². The number of aryl methyl sites for hydroxylation is 1. The largest absolute Gasteiger partial charge is 0.481 e. The molecule has 0 atom stereocenters. The van der Waals surface area contributed by atoms with Gasteiger partial charge < -0.3 is 10.4 Å². The molecule has 0 fully saturated rings. The Bertz CT molecular complexity index is 454. The number of rotatable bonds is 5. The first kappa shape index (κ1) is 15.0. The molecule has 1 aromatic carbocycles. The van der Waals surface area contributed by atoms with Gasteiger partial charge in [0.15, 0.2) is 0 Å². The molecule has 1 aromatic rings. The summed E-state index contributed by atoms with van der Waals surface area (Å²) in [7, 11) is 0. The quantitative estimate of drug-likeness (QED) is 0.862. The van der Waals surface area contributed by atoms with Crippen molar-refractivity contribution >= 4 is 11.9 Å². The molecule has 19 heavy (non-hydrogen) atoms. The Morgan fingerprint density at radius 3 is 2.11 bits per heavy atom. The van der Waals surface area contributed by atoms with E-state index in [1.165, 1.54) is 0 Å². The summed E-state index contributed by atoms with van der Waals surface area (Å²) in [6, 6.07) is 6.34. The summed E-state index contributed by atoms with van der Waals surface area (Å²) in [6.45, 7) is -0.225. The van der Waals surface area contributed by atoms with Crippen LogP contribution < -0.4 is 5.32 Å². The molecular formula is C12H12F3NO3. The van der Waals surface area contributed by atoms with Crippen molar-refractivity contribution in [1.29, 1.82) is 0 Å². The van der Waals surface area contributed by atoms with E-state index in [1.54, 1.807) is 29.6 Å². The van der Waals surface area contributed by atoms with E-state index < -0.39 is 18.1 Å². The van der Waals surface area contributed by atoms with E-state index in [0.29, 0.717) is 12.0 Å². The van der Waals surface area contributed by atoms with Crippen LogP contribution in [0.2, 0.25) is 0 Å². The molecule has 0 saturated heterocycles. The minimum absolute atomic E-state index is 0.00977. The summed E-state index contributed by atoms with van der Waals surface area (Å²) in [5.41, 5.74) is 1.28. The number of benzene rings is 1. The highest BCUT2D eigenvalue weighted by atomic mass is 19.4. The van der Waals surface area contributed by atoms with Crippen molar-refractivity contribution in [1.82, 2.24) is 5.32 Å². The lowest BCUT2D eigenvalue weighted by Crippen LogP contribution is -2.36. The van der Waals surface area contributed by atoms with Gasteiger partial charge in [-0.05, 0) is 17.5 Å². The van der Waals surface area contributed by atoms with Crippen LogP contribution in [0.15, 0.2) is 24.3 Å². The molecular weight excluding hydrogens is 263 g/mol. The maximum atomic E-state index is 11.9. The summed E-state index contributed by atoms with van der Waals surface area (Å²) < 4.78 is 35.8. The van der Waals surface area contributed by atoms with Gasteiger partial charge in [-0.15, -0.1) is 0 Å². The first-order valence-corrected chi connectivity index (χ1v) is 5.43. The molecule has 0 spiro atoms. The van der Waals surface area contributed by atoms with Crippen molar-refractivity contribution in [3.63, 3.8) is 0 Å². The normalized spacial score (nSPS) is 11.1. The molecule has 0 radical (unpaired) electrons. The Hall–Kier alpha value is -2.05. The van der Waals surface area contributed by atoms with E-state index in [9.17, 15) is 22.8 Å². The van der Waals surface area contributed by atoms with Gasteiger partial charge in [0.25, 0.3) is 0 Å². The Morgan fingerprint density at radius 2 is 1.63 bits per heavy atom. The lowest BCUT2D eigenvalue weighted by Gasteiger charge is -2.08. The van der Waals surface area contributed by atoms with Crippen LogP contribution in [0.3, 0.4) is 0 Å². The van der Waals surface area contributed by atoms with Gasteiger partial charge >= 0.3 is 18.1 Å². The molecule has 7 heteroatoms. The molecule has 1 amide bonds. The summed E-state index contributed by atoms with van der Waals surface area (Å²) in [6.07, 6.45) is -4.55. The third-order valence-electron chi connectivity index (χ3n) is 2.36. The van der Waals surface area contributed by atoms with Crippen molar-refractivity contribution in [2.45, 2.75) is 25.6 Å². The smallest absolute Gasteiger partial charge is 0.471 e. The van der Waals surface area contributed by atoms with Crippen molar-refractivity contribution in [2.24, 2.45) is 0 Å². The summed E-state index contributed by atoms with van der Waals surface area (Å²) >= 11 is 0. The van der Waals surface area contributed by atoms with Crippen LogP contribution in [0.5, 0.6) is 0 Å². The predicted molar refractivity (Wildman–Crippen MR) is 60.3 cm³/mol. The second kappa shape index (κ2) is 6.21. The second-order valence-electron chi connectivity index (χ2n) is 3.89. The van der Waals surface area contributed by atoms with Gasteiger partial charge in [-0.25, -0.2) is 0 Å². The summed E-state index contributed by atoms with van der Waals surface area (Å²) in [5, 5.41) is 10.2. The summed E-state index contributed by atoms with van der Waals surface area (Å²) in [5.74, 6) is -2.90. The number of amides is 1. The molecule has 4 nitrogen and oxygen atoms in total. The molecule has 0 bridgehead atoms. The van der Waals surface area contributed by atoms with E-state index in [0.717, 1.165) is 5.56 Å². The molecule has 2 N–H and O–H groups in total. The van der Waals surface area contributed by atoms with Crippen LogP contribution >= 0.6 is 0 Å². The minimum Gasteiger partial charge on any atom is -0.481 e. The van der Waals surface area contributed by atoms with Crippen molar-refractivity contribution in [2.75, 3.05) is 0 Å². The topological polar surface area (TPSA) is 66.4 Å². The lowest BCUT2D eigenvalue weighted by atomic mass is 10.1. The molecule has 0 aliphatic rings. The highest BCUT2D eigenvalue weighted by Crippen LogP contribution is 2.14. The molecule has 0 aliphatic carbocycles. The average Bonchev–Trinajstić information content (AvgIpc) is 2.33. The molecule has 104 valence electrons. The molecule has 1 rings (SSSR count). The van der Waals surface area contributed by atoms with Gasteiger partial charge in [-0.2, -0.15) is 13.2 Å². The van der Waals surface area contributed by atoms with Crippen molar-refractivity contribution in [3.8, 4) is 0 Å². The van der Waals surface area contributed by atoms with E-state index in [1.807, 2.05) is 0 Å². The zero-order chi connectivity index (χ0) is 14.5. The number of halogens is 3. The summed E-state index contributed by atoms with van der Waals surface area (Å²) in [4.78, 5) is 20.9. The highest BCUT2D eigenvalue weighted by molar-refractivity contribution is 5.81. The fourth-order valence-corrected chi connectivity index (χ4v) is 1.36. The average molecular weight is 275 g/mol. The van der Waals surface area contributed by atoms with Crippen molar-refractivity contribution in [3.05, 3.63) is 35.4 Å². The number of carbonyl (C=O) groups is 2. The van der Waals surface area contributed by atoms with Gasteiger partial charge in [0.2, 0.25) is 0 Å². The number of carboxylic acid groups (broad SMARTS) is 1. The Labute approximate surface area is 107 Å². The Kier molecular flexibility index (Phi) is 4.91. The zero-order valence-corrected chi connectivity index (χ0v) is 9.83. The lowest BCUT2D eigenvalue weighted by molar-refractivity contribution is -0.173. The first-order chi connectivity index (χ1) is 8.79. The maximum absolute atomic E-state index is 11.9. The van der Waals surface area contributed by atoms with Crippen LogP contribution in [0.1, 0.15) is 17.5 Å². The fourth-order valence-electron chi connectivity index (χ4n) is 1.36. The van der Waals surface area contributed by atoms with Crippen LogP contribution in [0, 0.1) is 0 Å². The van der Waals surface area contributed by atoms with E-state index in [4.69, 9.17) is 5.11 Å². The molecule has 0 unspecified atom stereocenters. The molecule has 0 heterocycles. The van der Waals surface area contributed by atoms with Crippen LogP contribution in [-0.4, -0.2) is 23.2 Å². The number of carboxylic acids is 1. The van der Waals surface area contributed by atoms with E-state index in [2.05, 4.69) is 0 Å². The van der Waals surface area contributed by atoms with Gasteiger partial charge in [0.05, 0.1) is 0 Å². The molecule has 0 aliphatic heterocycles. The predicted octanol–water partition coefficient (Wildman–Crippen LogP) is 1.88. The standard InChI is InChI=1S/C12H12F3NO3/c13-12(14,15)11(19)16-7-9-3-1-8(2-4-9)5-6-10(17)18/h1-4H,5-7H2,(H,16,19)(H,17,18). The van der Waals surface area contributed by atoms with E-state index >= 15 is 0 Å². The fraction of sp³-hybridized carbons (Fsp3) is 0.333. The van der Waals surface area contributed by atoms with Gasteiger partial charge in [0.1, 0.15) is 0 Å². The monoisotopic (exact) mass is 275 g/mol. The number of carbonyl (C=O) groups excluding carboxylic acids is 1. The number of nitrogens with one attached hydrogen (secondary N) is 1. The maximum Gasteiger partial charge on any atom is 0.471 e. The number of hydrogen-bond acceptors (Lipinski definition) is 2. The van der Waals surface area contributed by atoms with Crippen molar-refractivity contribution < 1.29 is 27.9 Å². The third-order valence-corrected chi connectivity index (χ3v) is 2.36. The zero-order valence-electron chi connectivity index (χ0n) is 9.83. The van der Waals surface area contributed by atoms with Gasteiger partial charge in [-0.3, -0.25) is 9.59 Å². The minimum atomic E-state index is -4.89. The van der Waals surface area contributed by atoms with E-state index in [-0.39, 0.29) is 13.0 Å². The number of aliphatic carboxylic acids is 1. The SMILES string of the molecule is O=C(O)CCc1ccc(CNC(=O)C(F)(F)F)cc1. The number of hydrogen-bond donors (Lipinski definition) is 2. The molecule has 0 saturated carbocycles. The Balaban J connectivity index is 2.49. The van der Waals surface area contributed by atoms with Crippen LogP contribution in [0.25, 0.3) is 0 Å². The first-order valence-electron chi connectivity index (χ1n) is 5.43. The number of alkyl halides is 3. The van der Waals surface area contributed by atoms with Gasteiger partial charge in [-0.1, -0.05) is 24.3 Å². The second-order valence-corrected chi connectivity index (χ2v) is 3.89. The van der Waals surface area contributed by atoms with Gasteiger partial charge in [0, 0.05) is 13.0 Å². The molecule has 0 aromatic heterocycles.